The molecule has 4 atom stereocenters. The molecule has 0 bridgehead atoms. The molecule has 20 heavy (non-hydrogen) atoms. The van der Waals surface area contributed by atoms with Gasteiger partial charge in [0.05, 0.1) is 18.8 Å². The molecular weight excluding hydrogens is 316 g/mol. The Morgan fingerprint density at radius 2 is 2.05 bits per heavy atom. The van der Waals surface area contributed by atoms with E-state index in [0.29, 0.717) is 6.04 Å². The Bertz CT molecular complexity index is 421. The van der Waals surface area contributed by atoms with Gasteiger partial charge in [0.1, 0.15) is 0 Å². The number of rotatable bonds is 4. The highest BCUT2D eigenvalue weighted by Gasteiger charge is 2.33. The lowest BCUT2D eigenvalue weighted by atomic mass is 9.95. The molecule has 0 amide bonds. The molecule has 0 aromatic heterocycles. The van der Waals surface area contributed by atoms with Crippen LogP contribution in [0.3, 0.4) is 0 Å². The van der Waals surface area contributed by atoms with Crippen LogP contribution in [0.5, 0.6) is 0 Å². The first-order valence-corrected chi connectivity index (χ1v) is 8.20. The minimum absolute atomic E-state index is 0.0931. The van der Waals surface area contributed by atoms with Crippen molar-refractivity contribution in [3.8, 4) is 0 Å². The summed E-state index contributed by atoms with van der Waals surface area (Å²) in [5, 5.41) is 0. The second-order valence-electron chi connectivity index (χ2n) is 5.76. The summed E-state index contributed by atoms with van der Waals surface area (Å²) >= 11 is 3.50. The molecule has 1 aliphatic rings. The molecule has 1 saturated heterocycles. The summed E-state index contributed by atoms with van der Waals surface area (Å²) in [6.07, 6.45) is 1.36. The third-order valence-corrected chi connectivity index (χ3v) is 4.58. The van der Waals surface area contributed by atoms with Crippen LogP contribution in [0.25, 0.3) is 0 Å². The summed E-state index contributed by atoms with van der Waals surface area (Å²) < 4.78 is 6.91. The van der Waals surface area contributed by atoms with Crippen molar-refractivity contribution in [1.29, 1.82) is 0 Å². The average molecular weight is 341 g/mol. The standard InChI is InChI=1S/C16H25BrN2O/c1-4-15-10-20-11(2)9-19(15)16(12(3)18)13-5-7-14(17)8-6-13/h5-8,11-12,15-16H,4,9-10,18H2,1-3H3. The summed E-state index contributed by atoms with van der Waals surface area (Å²) in [7, 11) is 0. The molecule has 4 heteroatoms. The minimum Gasteiger partial charge on any atom is -0.376 e. The van der Waals surface area contributed by atoms with Gasteiger partial charge in [-0.15, -0.1) is 0 Å². The van der Waals surface area contributed by atoms with E-state index in [0.717, 1.165) is 24.0 Å². The van der Waals surface area contributed by atoms with E-state index < -0.39 is 0 Å². The molecule has 2 N–H and O–H groups in total. The second-order valence-corrected chi connectivity index (χ2v) is 6.67. The number of nitrogens with two attached hydrogens (primary N) is 1. The van der Waals surface area contributed by atoms with Crippen LogP contribution in [0.1, 0.15) is 38.8 Å². The maximum atomic E-state index is 6.31. The Morgan fingerprint density at radius 1 is 1.40 bits per heavy atom. The third kappa shape index (κ3) is 3.61. The fourth-order valence-corrected chi connectivity index (χ4v) is 3.28. The van der Waals surface area contributed by atoms with E-state index in [2.05, 4.69) is 65.9 Å². The molecule has 0 saturated carbocycles. The van der Waals surface area contributed by atoms with E-state index in [-0.39, 0.29) is 18.2 Å². The van der Waals surface area contributed by atoms with Gasteiger partial charge in [0, 0.05) is 23.1 Å². The number of hydrogen-bond donors (Lipinski definition) is 1. The van der Waals surface area contributed by atoms with E-state index >= 15 is 0 Å². The van der Waals surface area contributed by atoms with Crippen LogP contribution in [-0.4, -0.2) is 36.2 Å². The van der Waals surface area contributed by atoms with Gasteiger partial charge in [-0.05, 0) is 38.0 Å². The van der Waals surface area contributed by atoms with Gasteiger partial charge >= 0.3 is 0 Å². The van der Waals surface area contributed by atoms with Crippen LogP contribution < -0.4 is 5.73 Å². The van der Waals surface area contributed by atoms with Crippen molar-refractivity contribution in [1.82, 2.24) is 4.90 Å². The molecule has 1 aromatic rings. The van der Waals surface area contributed by atoms with Gasteiger partial charge in [-0.1, -0.05) is 35.0 Å². The summed E-state index contributed by atoms with van der Waals surface area (Å²) in [5.41, 5.74) is 7.59. The monoisotopic (exact) mass is 340 g/mol. The fraction of sp³-hybridized carbons (Fsp3) is 0.625. The van der Waals surface area contributed by atoms with Crippen LogP contribution >= 0.6 is 15.9 Å². The molecule has 1 heterocycles. The Balaban J connectivity index is 2.28. The van der Waals surface area contributed by atoms with Crippen molar-refractivity contribution in [2.24, 2.45) is 5.73 Å². The van der Waals surface area contributed by atoms with Crippen LogP contribution in [0.15, 0.2) is 28.7 Å². The zero-order valence-electron chi connectivity index (χ0n) is 12.6. The molecule has 1 aliphatic heterocycles. The van der Waals surface area contributed by atoms with Crippen LogP contribution in [-0.2, 0) is 4.74 Å². The van der Waals surface area contributed by atoms with Crippen molar-refractivity contribution in [3.63, 3.8) is 0 Å². The van der Waals surface area contributed by atoms with Gasteiger partial charge in [0.2, 0.25) is 0 Å². The molecule has 2 rings (SSSR count). The lowest BCUT2D eigenvalue weighted by Crippen LogP contribution is -2.53. The number of hydrogen-bond acceptors (Lipinski definition) is 3. The fourth-order valence-electron chi connectivity index (χ4n) is 3.02. The van der Waals surface area contributed by atoms with Gasteiger partial charge in [-0.3, -0.25) is 4.90 Å². The Labute approximate surface area is 130 Å². The van der Waals surface area contributed by atoms with Gasteiger partial charge in [0.25, 0.3) is 0 Å². The smallest absolute Gasteiger partial charge is 0.0675 e. The second kappa shape index (κ2) is 7.03. The van der Waals surface area contributed by atoms with E-state index in [1.165, 1.54) is 5.56 Å². The number of halogens is 1. The zero-order chi connectivity index (χ0) is 14.7. The Hall–Kier alpha value is -0.420. The maximum Gasteiger partial charge on any atom is 0.0675 e. The lowest BCUT2D eigenvalue weighted by Gasteiger charge is -2.44. The summed E-state index contributed by atoms with van der Waals surface area (Å²) in [6.45, 7) is 8.20. The molecular formula is C16H25BrN2O. The topological polar surface area (TPSA) is 38.5 Å². The zero-order valence-corrected chi connectivity index (χ0v) is 14.1. The normalized spacial score (nSPS) is 27.2. The van der Waals surface area contributed by atoms with Gasteiger partial charge < -0.3 is 10.5 Å². The summed E-state index contributed by atoms with van der Waals surface area (Å²) in [6, 6.07) is 9.32. The predicted molar refractivity (Wildman–Crippen MR) is 86.7 cm³/mol. The molecule has 1 fully saturated rings. The SMILES string of the molecule is CCC1COC(C)CN1C(c1ccc(Br)cc1)C(C)N. The van der Waals surface area contributed by atoms with E-state index in [9.17, 15) is 0 Å². The molecule has 3 nitrogen and oxygen atoms in total. The van der Waals surface area contributed by atoms with E-state index in [1.807, 2.05) is 0 Å². The van der Waals surface area contributed by atoms with Crippen LogP contribution in [0, 0.1) is 0 Å². The highest BCUT2D eigenvalue weighted by molar-refractivity contribution is 9.10. The van der Waals surface area contributed by atoms with Crippen molar-refractivity contribution in [2.75, 3.05) is 13.2 Å². The number of nitrogens with zero attached hydrogens (tertiary/aromatic N) is 1. The lowest BCUT2D eigenvalue weighted by molar-refractivity contribution is -0.0762. The third-order valence-electron chi connectivity index (χ3n) is 4.05. The molecule has 112 valence electrons. The minimum atomic E-state index is 0.0931. The van der Waals surface area contributed by atoms with E-state index in [1.54, 1.807) is 0 Å². The summed E-state index contributed by atoms with van der Waals surface area (Å²) in [4.78, 5) is 2.53. The molecule has 1 aromatic carbocycles. The number of morpholine rings is 1. The molecule has 0 spiro atoms. The first-order valence-electron chi connectivity index (χ1n) is 7.41. The average Bonchev–Trinajstić information content (AvgIpc) is 2.41. The van der Waals surface area contributed by atoms with Crippen LogP contribution in [0.2, 0.25) is 0 Å². The Kier molecular flexibility index (Phi) is 5.61. The van der Waals surface area contributed by atoms with Crippen molar-refractivity contribution < 1.29 is 4.74 Å². The molecule has 4 unspecified atom stereocenters. The Morgan fingerprint density at radius 3 is 2.60 bits per heavy atom. The van der Waals surface area contributed by atoms with Gasteiger partial charge in [-0.2, -0.15) is 0 Å². The quantitative estimate of drug-likeness (QED) is 0.913. The largest absolute Gasteiger partial charge is 0.376 e. The number of ether oxygens (including phenoxy) is 1. The van der Waals surface area contributed by atoms with Crippen LogP contribution in [0.4, 0.5) is 0 Å². The summed E-state index contributed by atoms with van der Waals surface area (Å²) in [5.74, 6) is 0. The van der Waals surface area contributed by atoms with E-state index in [4.69, 9.17) is 10.5 Å². The van der Waals surface area contributed by atoms with Gasteiger partial charge in [0.15, 0.2) is 0 Å². The van der Waals surface area contributed by atoms with Gasteiger partial charge in [-0.25, -0.2) is 0 Å². The predicted octanol–water partition coefficient (Wildman–Crippen LogP) is 3.34. The molecule has 0 aliphatic carbocycles. The first kappa shape index (κ1) is 16.0. The maximum absolute atomic E-state index is 6.31. The highest BCUT2D eigenvalue weighted by Crippen LogP contribution is 2.30. The first-order chi connectivity index (χ1) is 9.52. The number of benzene rings is 1. The van der Waals surface area contributed by atoms with Crippen molar-refractivity contribution >= 4 is 15.9 Å². The molecule has 0 radical (unpaired) electrons. The highest BCUT2D eigenvalue weighted by atomic mass is 79.9. The van der Waals surface area contributed by atoms with Crippen molar-refractivity contribution in [3.05, 3.63) is 34.3 Å². The van der Waals surface area contributed by atoms with Crippen molar-refractivity contribution in [2.45, 2.75) is 51.4 Å².